The molecule has 0 saturated carbocycles. The molecule has 1 aromatic carbocycles. The number of pyridine rings is 1. The molecule has 0 atom stereocenters. The molecule has 1 aliphatic heterocycles. The van der Waals surface area contributed by atoms with Crippen molar-refractivity contribution in [2.45, 2.75) is 6.42 Å². The van der Waals surface area contributed by atoms with Gasteiger partial charge in [-0.25, -0.2) is 0 Å². The minimum Gasteiger partial charge on any atom is -1.00 e. The summed E-state index contributed by atoms with van der Waals surface area (Å²) in [5, 5.41) is 2.72. The fourth-order valence-electron chi connectivity index (χ4n) is 2.79. The summed E-state index contributed by atoms with van der Waals surface area (Å²) in [5.74, 6) is 0. The van der Waals surface area contributed by atoms with Gasteiger partial charge in [0.05, 0.1) is 0 Å². The summed E-state index contributed by atoms with van der Waals surface area (Å²) in [6, 6.07) is 13.2. The zero-order chi connectivity index (χ0) is 13.5. The number of nitrogens with one attached hydrogen (secondary N) is 1. The van der Waals surface area contributed by atoms with Crippen molar-refractivity contribution in [3.05, 3.63) is 62.5 Å². The Morgan fingerprint density at radius 3 is 2.68 bits per heavy atom. The molecule has 22 heavy (non-hydrogen) atoms. The van der Waals surface area contributed by atoms with Gasteiger partial charge in [-0.15, -0.1) is 0 Å². The molecule has 0 amide bonds. The van der Waals surface area contributed by atoms with Crippen molar-refractivity contribution in [2.75, 3.05) is 0 Å². The number of hydrogen-bond acceptors (Lipinski definition) is 0. The second-order valence-electron chi connectivity index (χ2n) is 5.00. The van der Waals surface area contributed by atoms with Gasteiger partial charge in [-0.3, -0.25) is 0 Å². The molecular weight excluding hydrogens is 460 g/mol. The third-order valence-electron chi connectivity index (χ3n) is 3.66. The predicted octanol–water partition coefficient (Wildman–Crippen LogP) is -1.41. The molecule has 1 N–H and O–H groups in total. The average molecular weight is 472 g/mol. The van der Waals surface area contributed by atoms with Crippen LogP contribution in [0.25, 0.3) is 21.9 Å². The number of aromatic amines is 1. The first-order valence-corrected chi connectivity index (χ1v) is 9.89. The molecule has 0 radical (unpaired) electrons. The first-order chi connectivity index (χ1) is 9.81. The molecule has 1 aromatic rings. The molecule has 0 fully saturated rings. The molecule has 1 heterocycles. The van der Waals surface area contributed by atoms with Crippen LogP contribution in [0, 0.1) is 0 Å². The van der Waals surface area contributed by atoms with Gasteiger partial charge >= 0.3 is 138 Å². The summed E-state index contributed by atoms with van der Waals surface area (Å²) in [4.78, 5) is 3.58. The van der Waals surface area contributed by atoms with E-state index in [0.717, 1.165) is 11.0 Å². The van der Waals surface area contributed by atoms with Gasteiger partial charge in [-0.2, -0.15) is 0 Å². The van der Waals surface area contributed by atoms with Gasteiger partial charge in [0.25, 0.3) is 0 Å². The SMILES string of the molecule is Brc1cc2cc3ccccc3c-2[c]([Zr+2][C]2=CC=CC2)[nH]1.[Cl-].[Cl-]. The summed E-state index contributed by atoms with van der Waals surface area (Å²) in [6.07, 6.45) is 7.90. The Morgan fingerprint density at radius 2 is 1.91 bits per heavy atom. The Bertz CT molecular complexity index is 838. The number of aromatic nitrogens is 1. The average Bonchev–Trinajstić information content (AvgIpc) is 3.04. The van der Waals surface area contributed by atoms with Crippen molar-refractivity contribution in [3.8, 4) is 11.1 Å². The topological polar surface area (TPSA) is 15.8 Å². The van der Waals surface area contributed by atoms with Crippen LogP contribution < -0.4 is 28.2 Å². The van der Waals surface area contributed by atoms with Crippen LogP contribution in [0.5, 0.6) is 0 Å². The molecule has 3 aliphatic rings. The minimum atomic E-state index is -0.739. The van der Waals surface area contributed by atoms with E-state index in [9.17, 15) is 0 Å². The smallest absolute Gasteiger partial charge is 1.00 e. The monoisotopic (exact) mass is 469 g/mol. The summed E-state index contributed by atoms with van der Waals surface area (Å²) in [6.45, 7) is 0. The van der Waals surface area contributed by atoms with Crippen molar-refractivity contribution < 1.29 is 48.0 Å². The fourth-order valence-corrected chi connectivity index (χ4v) is 6.93. The fraction of sp³-hybridized carbons (Fsp3) is 0.0588. The maximum absolute atomic E-state index is 3.63. The Hall–Kier alpha value is -0.337. The van der Waals surface area contributed by atoms with E-state index in [1.807, 2.05) is 0 Å². The first kappa shape index (κ1) is 18.0. The van der Waals surface area contributed by atoms with Crippen molar-refractivity contribution in [2.24, 2.45) is 0 Å². The largest absolute Gasteiger partial charge is 1.00 e. The number of hydrogen-bond donors (Lipinski definition) is 1. The number of benzene rings is 1. The van der Waals surface area contributed by atoms with Crippen LogP contribution in [0.4, 0.5) is 0 Å². The van der Waals surface area contributed by atoms with E-state index >= 15 is 0 Å². The zero-order valence-electron chi connectivity index (χ0n) is 11.5. The van der Waals surface area contributed by atoms with Gasteiger partial charge in [0, 0.05) is 0 Å². The molecule has 0 saturated heterocycles. The molecule has 1 nitrogen and oxygen atoms in total. The second-order valence-corrected chi connectivity index (χ2v) is 9.28. The third kappa shape index (κ3) is 3.28. The zero-order valence-corrected chi connectivity index (χ0v) is 17.1. The molecular formula is C17H12BrCl2NZr. The number of rotatable bonds is 2. The summed E-state index contributed by atoms with van der Waals surface area (Å²) in [5.41, 5.74) is 2.78. The Balaban J connectivity index is 0.000000882. The Morgan fingerprint density at radius 1 is 1.09 bits per heavy atom. The van der Waals surface area contributed by atoms with Crippen LogP contribution in [-0.4, -0.2) is 4.98 Å². The van der Waals surface area contributed by atoms with Crippen molar-refractivity contribution in [3.63, 3.8) is 0 Å². The second kappa shape index (κ2) is 7.49. The maximum Gasteiger partial charge on any atom is -1.00 e. The summed E-state index contributed by atoms with van der Waals surface area (Å²) in [7, 11) is 0. The summed E-state index contributed by atoms with van der Waals surface area (Å²) >= 11 is 2.89. The number of halogens is 3. The Kier molecular flexibility index (Phi) is 6.13. The Labute approximate surface area is 162 Å². The van der Waals surface area contributed by atoms with Gasteiger partial charge in [0.2, 0.25) is 0 Å². The predicted molar refractivity (Wildman–Crippen MR) is 84.1 cm³/mol. The molecule has 2 aliphatic carbocycles. The van der Waals surface area contributed by atoms with E-state index in [4.69, 9.17) is 0 Å². The number of allylic oxidation sites excluding steroid dienone is 4. The van der Waals surface area contributed by atoms with Gasteiger partial charge < -0.3 is 24.8 Å². The first-order valence-electron chi connectivity index (χ1n) is 6.64. The summed E-state index contributed by atoms with van der Waals surface area (Å²) < 4.78 is 4.19. The van der Waals surface area contributed by atoms with Crippen LogP contribution in [0.2, 0.25) is 0 Å². The third-order valence-corrected chi connectivity index (χ3v) is 7.33. The minimum absolute atomic E-state index is 0. The van der Waals surface area contributed by atoms with E-state index in [1.54, 1.807) is 3.28 Å². The molecule has 0 unspecified atom stereocenters. The quantitative estimate of drug-likeness (QED) is 0.442. The molecule has 0 aromatic heterocycles. The van der Waals surface area contributed by atoms with Crippen LogP contribution in [0.3, 0.4) is 0 Å². The van der Waals surface area contributed by atoms with Crippen molar-refractivity contribution in [1.29, 1.82) is 0 Å². The molecule has 5 heteroatoms. The van der Waals surface area contributed by atoms with E-state index in [2.05, 4.69) is 75.5 Å². The van der Waals surface area contributed by atoms with Gasteiger partial charge in [0.1, 0.15) is 0 Å². The normalized spacial score (nSPS) is 12.7. The van der Waals surface area contributed by atoms with E-state index in [0.29, 0.717) is 0 Å². The van der Waals surface area contributed by atoms with E-state index in [-0.39, 0.29) is 24.8 Å². The van der Waals surface area contributed by atoms with Crippen LogP contribution in [-0.2, 0) is 23.2 Å². The van der Waals surface area contributed by atoms with Crippen molar-refractivity contribution in [1.82, 2.24) is 4.98 Å². The van der Waals surface area contributed by atoms with Gasteiger partial charge in [-0.1, -0.05) is 0 Å². The standard InChI is InChI=1S/C12H7BrN.C5H5.2ClH.Zr/c13-12-6-9-5-8-3-1-2-4-10(8)11(9)7-14-12;1-2-4-5-3-1;;;/h1-6,14H;1-3H,4H2;2*1H;/q;;;;+2/p-2. The van der Waals surface area contributed by atoms with E-state index in [1.165, 1.54) is 25.3 Å². The molecule has 0 bridgehead atoms. The van der Waals surface area contributed by atoms with E-state index < -0.39 is 23.2 Å². The molecule has 4 rings (SSSR count). The number of H-pyrrole nitrogens is 1. The van der Waals surface area contributed by atoms with Gasteiger partial charge in [-0.05, 0) is 0 Å². The van der Waals surface area contributed by atoms with Crippen LogP contribution in [0.15, 0.2) is 62.5 Å². The van der Waals surface area contributed by atoms with Gasteiger partial charge in [0.15, 0.2) is 0 Å². The molecule has 0 spiro atoms. The van der Waals surface area contributed by atoms with Crippen molar-refractivity contribution >= 4 is 30.1 Å². The maximum atomic E-state index is 3.63. The van der Waals surface area contributed by atoms with Crippen LogP contribution >= 0.6 is 15.9 Å². The molecule has 110 valence electrons. The number of fused-ring (bicyclic) bond motifs is 3. The van der Waals surface area contributed by atoms with Crippen LogP contribution in [0.1, 0.15) is 6.42 Å².